The van der Waals surface area contributed by atoms with Gasteiger partial charge in [-0.3, -0.25) is 4.79 Å². The Labute approximate surface area is 130 Å². The van der Waals surface area contributed by atoms with Gasteiger partial charge in [0.05, 0.1) is 8.45 Å². The van der Waals surface area contributed by atoms with Gasteiger partial charge in [-0.15, -0.1) is 11.3 Å². The lowest BCUT2D eigenvalue weighted by Gasteiger charge is -2.05. The number of nitrogens with one attached hydrogen (secondary N) is 1. The Morgan fingerprint density at radius 2 is 2.22 bits per heavy atom. The minimum atomic E-state index is -0.321. The quantitative estimate of drug-likeness (QED) is 0.714. The first-order valence-electron chi connectivity index (χ1n) is 5.02. The van der Waals surface area contributed by atoms with Gasteiger partial charge in [-0.05, 0) is 46.9 Å². The zero-order chi connectivity index (χ0) is 13.1. The molecule has 1 heterocycles. The van der Waals surface area contributed by atoms with E-state index in [1.807, 2.05) is 0 Å². The molecule has 2 nitrogen and oxygen atoms in total. The van der Waals surface area contributed by atoms with E-state index in [4.69, 9.17) is 0 Å². The summed E-state index contributed by atoms with van der Waals surface area (Å²) in [4.78, 5) is 11.8. The number of carbonyl (C=O) groups is 1. The molecule has 18 heavy (non-hydrogen) atoms. The maximum Gasteiger partial charge on any atom is 0.252 e. The molecule has 0 spiro atoms. The maximum absolute atomic E-state index is 13.5. The highest BCUT2D eigenvalue weighted by Crippen LogP contribution is 2.18. The normalized spacial score (nSPS) is 10.4. The van der Waals surface area contributed by atoms with Crippen LogP contribution in [0.1, 0.15) is 15.9 Å². The van der Waals surface area contributed by atoms with Gasteiger partial charge in [-0.2, -0.15) is 0 Å². The summed E-state index contributed by atoms with van der Waals surface area (Å²) in [5.41, 5.74) is 1.07. The first-order chi connectivity index (χ1) is 8.56. The lowest BCUT2D eigenvalue weighted by atomic mass is 10.2. The first kappa shape index (κ1) is 14.0. The second kappa shape index (κ2) is 6.12. The molecule has 0 radical (unpaired) electrons. The molecular weight excluding hydrogens is 432 g/mol. The summed E-state index contributed by atoms with van der Waals surface area (Å²) >= 11 is 6.93. The van der Waals surface area contributed by atoms with E-state index in [9.17, 15) is 9.18 Å². The molecule has 0 aliphatic heterocycles. The highest BCUT2D eigenvalue weighted by Gasteiger charge is 2.09. The largest absolute Gasteiger partial charge is 0.348 e. The van der Waals surface area contributed by atoms with Crippen molar-refractivity contribution in [1.82, 2.24) is 5.32 Å². The summed E-state index contributed by atoms with van der Waals surface area (Å²) < 4.78 is 15.3. The topological polar surface area (TPSA) is 29.1 Å². The van der Waals surface area contributed by atoms with Gasteiger partial charge < -0.3 is 5.32 Å². The summed E-state index contributed by atoms with van der Waals surface area (Å²) in [6, 6.07) is 6.46. The van der Waals surface area contributed by atoms with Crippen LogP contribution in [-0.4, -0.2) is 5.91 Å². The summed E-state index contributed by atoms with van der Waals surface area (Å²) in [5.74, 6) is -0.507. The molecule has 1 aromatic carbocycles. The fraction of sp³-hybridized carbons (Fsp3) is 0.0833. The molecule has 2 rings (SSSR count). The van der Waals surface area contributed by atoms with Crippen molar-refractivity contribution in [2.24, 2.45) is 0 Å². The lowest BCUT2D eigenvalue weighted by Crippen LogP contribution is -2.22. The number of rotatable bonds is 3. The first-order valence-corrected chi connectivity index (χ1v) is 7.77. The molecule has 2 aromatic rings. The molecule has 0 fully saturated rings. The predicted molar refractivity (Wildman–Crippen MR) is 82.3 cm³/mol. The average Bonchev–Trinajstić information content (AvgIpc) is 2.77. The van der Waals surface area contributed by atoms with Crippen LogP contribution >= 0.6 is 49.9 Å². The minimum Gasteiger partial charge on any atom is -0.348 e. The maximum atomic E-state index is 13.5. The van der Waals surface area contributed by atoms with Crippen molar-refractivity contribution in [2.75, 3.05) is 0 Å². The molecule has 0 aliphatic carbocycles. The predicted octanol–water partition coefficient (Wildman–Crippen LogP) is 4.18. The molecule has 0 aliphatic rings. The van der Waals surface area contributed by atoms with E-state index in [1.165, 1.54) is 17.4 Å². The van der Waals surface area contributed by atoms with Gasteiger partial charge in [0.25, 0.3) is 5.91 Å². The van der Waals surface area contributed by atoms with Crippen LogP contribution in [-0.2, 0) is 6.54 Å². The molecule has 0 atom stereocenters. The third-order valence-electron chi connectivity index (χ3n) is 2.28. The number of benzene rings is 1. The van der Waals surface area contributed by atoms with Crippen molar-refractivity contribution in [1.29, 1.82) is 0 Å². The lowest BCUT2D eigenvalue weighted by molar-refractivity contribution is 0.0951. The van der Waals surface area contributed by atoms with E-state index in [0.717, 1.165) is 7.36 Å². The van der Waals surface area contributed by atoms with Crippen LogP contribution in [0.15, 0.2) is 34.1 Å². The molecular formula is C12H8BrFINOS. The molecule has 6 heteroatoms. The Bertz CT molecular complexity index is 587. The summed E-state index contributed by atoms with van der Waals surface area (Å²) in [5, 5.41) is 4.49. The van der Waals surface area contributed by atoms with Gasteiger partial charge in [0, 0.05) is 22.0 Å². The standard InChI is InChI=1S/C12H8BrFINOS/c13-9-1-2-10(14)7(3-9)5-16-12(17)8-4-11(15)18-6-8/h1-4,6H,5H2,(H,16,17). The van der Waals surface area contributed by atoms with Crippen molar-refractivity contribution in [2.45, 2.75) is 6.54 Å². The monoisotopic (exact) mass is 439 g/mol. The van der Waals surface area contributed by atoms with E-state index in [1.54, 1.807) is 23.6 Å². The molecule has 1 amide bonds. The second-order valence-electron chi connectivity index (χ2n) is 3.56. The Hall–Kier alpha value is -0.470. The van der Waals surface area contributed by atoms with Gasteiger partial charge in [-0.25, -0.2) is 4.39 Å². The Morgan fingerprint density at radius 1 is 1.44 bits per heavy atom. The number of hydrogen-bond acceptors (Lipinski definition) is 2. The smallest absolute Gasteiger partial charge is 0.252 e. The zero-order valence-corrected chi connectivity index (χ0v) is 13.6. The third-order valence-corrected chi connectivity index (χ3v) is 4.56. The Morgan fingerprint density at radius 3 is 2.89 bits per heavy atom. The summed E-state index contributed by atoms with van der Waals surface area (Å²) in [6.07, 6.45) is 0. The average molecular weight is 440 g/mol. The molecule has 0 bridgehead atoms. The van der Waals surface area contributed by atoms with Crippen LogP contribution in [0, 0.1) is 8.70 Å². The fourth-order valence-corrected chi connectivity index (χ4v) is 3.12. The van der Waals surface area contributed by atoms with E-state index < -0.39 is 0 Å². The van der Waals surface area contributed by atoms with Crippen molar-refractivity contribution in [3.8, 4) is 0 Å². The SMILES string of the molecule is O=C(NCc1cc(Br)ccc1F)c1csc(I)c1. The van der Waals surface area contributed by atoms with Crippen molar-refractivity contribution < 1.29 is 9.18 Å². The van der Waals surface area contributed by atoms with Gasteiger partial charge in [0.1, 0.15) is 5.82 Å². The molecule has 0 unspecified atom stereocenters. The van der Waals surface area contributed by atoms with Crippen LogP contribution in [0.2, 0.25) is 0 Å². The second-order valence-corrected chi connectivity index (χ2v) is 7.28. The zero-order valence-electron chi connectivity index (χ0n) is 9.04. The van der Waals surface area contributed by atoms with Gasteiger partial charge >= 0.3 is 0 Å². The molecule has 0 saturated carbocycles. The fourth-order valence-electron chi connectivity index (χ4n) is 1.39. The van der Waals surface area contributed by atoms with Gasteiger partial charge in [0.15, 0.2) is 0 Å². The van der Waals surface area contributed by atoms with E-state index in [0.29, 0.717) is 11.1 Å². The van der Waals surface area contributed by atoms with Crippen LogP contribution in [0.3, 0.4) is 0 Å². The Kier molecular flexibility index (Phi) is 4.74. The highest BCUT2D eigenvalue weighted by molar-refractivity contribution is 14.1. The minimum absolute atomic E-state index is 0.177. The number of carbonyl (C=O) groups excluding carboxylic acids is 1. The summed E-state index contributed by atoms with van der Waals surface area (Å²) in [6.45, 7) is 0.177. The van der Waals surface area contributed by atoms with E-state index in [-0.39, 0.29) is 18.3 Å². The van der Waals surface area contributed by atoms with Crippen LogP contribution < -0.4 is 5.32 Å². The van der Waals surface area contributed by atoms with Crippen molar-refractivity contribution in [3.05, 3.63) is 53.9 Å². The summed E-state index contributed by atoms with van der Waals surface area (Å²) in [7, 11) is 0. The van der Waals surface area contributed by atoms with Gasteiger partial charge in [-0.1, -0.05) is 15.9 Å². The van der Waals surface area contributed by atoms with Crippen LogP contribution in [0.5, 0.6) is 0 Å². The van der Waals surface area contributed by atoms with E-state index in [2.05, 4.69) is 43.8 Å². The van der Waals surface area contributed by atoms with E-state index >= 15 is 0 Å². The molecule has 1 N–H and O–H groups in total. The van der Waals surface area contributed by atoms with Gasteiger partial charge in [0.2, 0.25) is 0 Å². The number of hydrogen-bond donors (Lipinski definition) is 1. The van der Waals surface area contributed by atoms with Crippen molar-refractivity contribution in [3.63, 3.8) is 0 Å². The Balaban J connectivity index is 2.03. The number of thiophene rings is 1. The third kappa shape index (κ3) is 3.52. The highest BCUT2D eigenvalue weighted by atomic mass is 127. The molecule has 0 saturated heterocycles. The van der Waals surface area contributed by atoms with Crippen LogP contribution in [0.25, 0.3) is 0 Å². The van der Waals surface area contributed by atoms with Crippen molar-refractivity contribution >= 4 is 55.8 Å². The van der Waals surface area contributed by atoms with Crippen LogP contribution in [0.4, 0.5) is 4.39 Å². The number of halogens is 3. The molecule has 94 valence electrons. The number of amides is 1. The molecule has 1 aromatic heterocycles.